The zero-order valence-corrected chi connectivity index (χ0v) is 13.6. The monoisotopic (exact) mass is 326 g/mol. The van der Waals surface area contributed by atoms with Gasteiger partial charge in [-0.15, -0.1) is 0 Å². The number of aliphatic carboxylic acids is 1. The van der Waals surface area contributed by atoms with Crippen molar-refractivity contribution < 1.29 is 14.7 Å². The molecule has 2 aromatic rings. The summed E-state index contributed by atoms with van der Waals surface area (Å²) in [5.41, 5.74) is 2.93. The second-order valence-electron chi connectivity index (χ2n) is 5.48. The van der Waals surface area contributed by atoms with Crippen molar-refractivity contribution in [3.63, 3.8) is 0 Å². The van der Waals surface area contributed by atoms with Crippen molar-refractivity contribution in [3.8, 4) is 0 Å². The maximum Gasteiger partial charge on any atom is 0.303 e. The number of benzene rings is 1. The van der Waals surface area contributed by atoms with Crippen molar-refractivity contribution in [1.82, 2.24) is 4.98 Å². The molecule has 5 nitrogen and oxygen atoms in total. The first-order valence-corrected chi connectivity index (χ1v) is 8.10. The van der Waals surface area contributed by atoms with Crippen LogP contribution < -0.4 is 0 Å². The number of hydrogen-bond donors (Lipinski definition) is 1. The number of pyridine rings is 1. The number of rotatable bonds is 10. The molecule has 0 amide bonds. The second-order valence-corrected chi connectivity index (χ2v) is 5.48. The van der Waals surface area contributed by atoms with Crippen LogP contribution in [0.3, 0.4) is 0 Å². The van der Waals surface area contributed by atoms with Gasteiger partial charge in [-0.05, 0) is 37.0 Å². The van der Waals surface area contributed by atoms with E-state index in [2.05, 4.69) is 22.3 Å². The minimum absolute atomic E-state index is 0.207. The Labute approximate surface area is 142 Å². The number of unbranched alkanes of at least 4 members (excludes halogenated alkanes) is 2. The maximum absolute atomic E-state index is 10.4. The standard InChI is InChI=1S/C19H22N2O3/c22-19(23)11-5-2-6-13-24-21-18(17-10-7-12-20-15-17)14-16-8-3-1-4-9-16/h1,3-4,7-10,12,15H,2,5-6,11,13-14H2,(H,22,23). The summed E-state index contributed by atoms with van der Waals surface area (Å²) in [6.45, 7) is 0.484. The molecule has 1 aromatic heterocycles. The molecule has 1 N–H and O–H groups in total. The highest BCUT2D eigenvalue weighted by Gasteiger charge is 2.06. The molecule has 0 bridgehead atoms. The van der Waals surface area contributed by atoms with Gasteiger partial charge in [0.15, 0.2) is 0 Å². The molecule has 1 aromatic carbocycles. The lowest BCUT2D eigenvalue weighted by molar-refractivity contribution is -0.137. The van der Waals surface area contributed by atoms with Gasteiger partial charge in [0, 0.05) is 30.8 Å². The highest BCUT2D eigenvalue weighted by atomic mass is 16.6. The first kappa shape index (κ1) is 17.7. The maximum atomic E-state index is 10.4. The van der Waals surface area contributed by atoms with Crippen molar-refractivity contribution in [3.05, 3.63) is 66.0 Å². The molecule has 0 aliphatic heterocycles. The van der Waals surface area contributed by atoms with E-state index in [1.807, 2.05) is 30.3 Å². The number of aromatic nitrogens is 1. The fourth-order valence-electron chi connectivity index (χ4n) is 2.25. The summed E-state index contributed by atoms with van der Waals surface area (Å²) in [5.74, 6) is -0.754. The summed E-state index contributed by atoms with van der Waals surface area (Å²) in [6.07, 6.45) is 6.67. The van der Waals surface area contributed by atoms with Crippen molar-refractivity contribution in [2.75, 3.05) is 6.61 Å². The summed E-state index contributed by atoms with van der Waals surface area (Å²) >= 11 is 0. The van der Waals surface area contributed by atoms with Crippen LogP contribution in [-0.4, -0.2) is 28.4 Å². The lowest BCUT2D eigenvalue weighted by atomic mass is 10.0. The number of oxime groups is 1. The Hall–Kier alpha value is -2.69. The Bertz CT molecular complexity index is 642. The van der Waals surface area contributed by atoms with Crippen LogP contribution in [0.5, 0.6) is 0 Å². The summed E-state index contributed by atoms with van der Waals surface area (Å²) < 4.78 is 0. The fraction of sp³-hybridized carbons (Fsp3) is 0.316. The number of carbonyl (C=O) groups is 1. The zero-order chi connectivity index (χ0) is 17.0. The molecule has 5 heteroatoms. The van der Waals surface area contributed by atoms with Gasteiger partial charge in [-0.3, -0.25) is 9.78 Å². The zero-order valence-electron chi connectivity index (χ0n) is 13.6. The molecule has 2 rings (SSSR count). The van der Waals surface area contributed by atoms with Crippen molar-refractivity contribution in [2.45, 2.75) is 32.1 Å². The minimum Gasteiger partial charge on any atom is -0.481 e. The molecule has 126 valence electrons. The Morgan fingerprint density at radius 1 is 1.08 bits per heavy atom. The van der Waals surface area contributed by atoms with E-state index in [4.69, 9.17) is 9.94 Å². The molecule has 0 aliphatic rings. The van der Waals surface area contributed by atoms with Crippen LogP contribution in [0.1, 0.15) is 36.8 Å². The minimum atomic E-state index is -0.754. The van der Waals surface area contributed by atoms with E-state index in [9.17, 15) is 4.79 Å². The third kappa shape index (κ3) is 6.60. The van der Waals surface area contributed by atoms with Crippen LogP contribution in [0.2, 0.25) is 0 Å². The molecule has 24 heavy (non-hydrogen) atoms. The third-order valence-electron chi connectivity index (χ3n) is 3.51. The summed E-state index contributed by atoms with van der Waals surface area (Å²) in [4.78, 5) is 20.0. The first-order chi connectivity index (χ1) is 11.8. The van der Waals surface area contributed by atoms with E-state index in [1.54, 1.807) is 12.4 Å². The van der Waals surface area contributed by atoms with E-state index in [1.165, 1.54) is 0 Å². The molecule has 0 radical (unpaired) electrons. The first-order valence-electron chi connectivity index (χ1n) is 8.10. The lowest BCUT2D eigenvalue weighted by Crippen LogP contribution is -2.07. The van der Waals surface area contributed by atoms with Gasteiger partial charge in [-0.2, -0.15) is 0 Å². The van der Waals surface area contributed by atoms with E-state index >= 15 is 0 Å². The molecule has 0 aliphatic carbocycles. The number of hydrogen-bond acceptors (Lipinski definition) is 4. The van der Waals surface area contributed by atoms with Crippen LogP contribution in [0.25, 0.3) is 0 Å². The number of nitrogens with zero attached hydrogens (tertiary/aromatic N) is 2. The van der Waals surface area contributed by atoms with Gasteiger partial charge < -0.3 is 9.94 Å². The average molecular weight is 326 g/mol. The third-order valence-corrected chi connectivity index (χ3v) is 3.51. The SMILES string of the molecule is O=C(O)CCCCCON=C(Cc1ccccc1)c1cccnc1. The molecule has 0 atom stereocenters. The predicted molar refractivity (Wildman–Crippen MR) is 93.0 cm³/mol. The molecule has 0 saturated carbocycles. The van der Waals surface area contributed by atoms with Crippen LogP contribution in [0.4, 0.5) is 0 Å². The van der Waals surface area contributed by atoms with Crippen LogP contribution in [0.15, 0.2) is 60.0 Å². The van der Waals surface area contributed by atoms with Crippen LogP contribution in [0, 0.1) is 0 Å². The van der Waals surface area contributed by atoms with Gasteiger partial charge in [0.1, 0.15) is 6.61 Å². The molecular weight excluding hydrogens is 304 g/mol. The molecule has 0 saturated heterocycles. The predicted octanol–water partition coefficient (Wildman–Crippen LogP) is 3.69. The van der Waals surface area contributed by atoms with Gasteiger partial charge in [-0.25, -0.2) is 0 Å². The number of carboxylic acids is 1. The van der Waals surface area contributed by atoms with Gasteiger partial charge in [-0.1, -0.05) is 35.5 Å². The summed E-state index contributed by atoms with van der Waals surface area (Å²) in [5, 5.41) is 12.9. The highest BCUT2D eigenvalue weighted by molar-refractivity contribution is 6.01. The molecular formula is C19H22N2O3. The quantitative estimate of drug-likeness (QED) is 0.410. The largest absolute Gasteiger partial charge is 0.481 e. The fourth-order valence-corrected chi connectivity index (χ4v) is 2.25. The Kier molecular flexibility index (Phi) is 7.47. The van der Waals surface area contributed by atoms with E-state index in [0.29, 0.717) is 19.4 Å². The van der Waals surface area contributed by atoms with E-state index < -0.39 is 5.97 Å². The average Bonchev–Trinajstić information content (AvgIpc) is 2.61. The van der Waals surface area contributed by atoms with Gasteiger partial charge >= 0.3 is 5.97 Å². The Morgan fingerprint density at radius 3 is 2.62 bits per heavy atom. The van der Waals surface area contributed by atoms with Crippen molar-refractivity contribution >= 4 is 11.7 Å². The Balaban J connectivity index is 1.89. The molecule has 0 fully saturated rings. The van der Waals surface area contributed by atoms with E-state index in [0.717, 1.165) is 29.7 Å². The van der Waals surface area contributed by atoms with Gasteiger partial charge in [0.25, 0.3) is 0 Å². The summed E-state index contributed by atoms with van der Waals surface area (Å²) in [7, 11) is 0. The van der Waals surface area contributed by atoms with Crippen molar-refractivity contribution in [2.24, 2.45) is 5.16 Å². The normalized spacial score (nSPS) is 11.2. The van der Waals surface area contributed by atoms with E-state index in [-0.39, 0.29) is 6.42 Å². The molecule has 0 unspecified atom stereocenters. The van der Waals surface area contributed by atoms with Gasteiger partial charge in [0.05, 0.1) is 5.71 Å². The molecule has 0 spiro atoms. The topological polar surface area (TPSA) is 71.8 Å². The smallest absolute Gasteiger partial charge is 0.303 e. The highest BCUT2D eigenvalue weighted by Crippen LogP contribution is 2.09. The van der Waals surface area contributed by atoms with Crippen LogP contribution in [-0.2, 0) is 16.1 Å². The van der Waals surface area contributed by atoms with Crippen molar-refractivity contribution in [1.29, 1.82) is 0 Å². The summed E-state index contributed by atoms with van der Waals surface area (Å²) in [6, 6.07) is 13.9. The molecule has 1 heterocycles. The second kappa shape index (κ2) is 10.2. The van der Waals surface area contributed by atoms with Gasteiger partial charge in [0.2, 0.25) is 0 Å². The lowest BCUT2D eigenvalue weighted by Gasteiger charge is -2.07. The number of carboxylic acid groups (broad SMARTS) is 1. The van der Waals surface area contributed by atoms with Crippen LogP contribution >= 0.6 is 0 Å². The Morgan fingerprint density at radius 2 is 1.92 bits per heavy atom.